The van der Waals surface area contributed by atoms with Gasteiger partial charge in [-0.3, -0.25) is 0 Å². The highest BCUT2D eigenvalue weighted by molar-refractivity contribution is 5.91. The fourth-order valence-electron chi connectivity index (χ4n) is 3.25. The van der Waals surface area contributed by atoms with Crippen LogP contribution < -0.4 is 10.5 Å². The predicted octanol–water partition coefficient (Wildman–Crippen LogP) is 4.76. The monoisotopic (exact) mass is 383 g/mol. The summed E-state index contributed by atoms with van der Waals surface area (Å²) in [5.74, 6) is -1.53. The van der Waals surface area contributed by atoms with Crippen molar-refractivity contribution in [2.24, 2.45) is 0 Å². The Labute approximate surface area is 159 Å². The van der Waals surface area contributed by atoms with Crippen molar-refractivity contribution in [1.29, 1.82) is 0 Å². The molecule has 142 valence electrons. The predicted molar refractivity (Wildman–Crippen MR) is 102 cm³/mol. The summed E-state index contributed by atoms with van der Waals surface area (Å²) in [5.41, 5.74) is 7.30. The number of fused-ring (bicyclic) bond motifs is 1. The minimum atomic E-state index is -0.697. The summed E-state index contributed by atoms with van der Waals surface area (Å²) in [6.07, 6.45) is 0. The van der Waals surface area contributed by atoms with Gasteiger partial charge in [-0.2, -0.15) is 0 Å². The van der Waals surface area contributed by atoms with E-state index in [4.69, 9.17) is 10.5 Å². The summed E-state index contributed by atoms with van der Waals surface area (Å²) in [4.78, 5) is 4.48. The van der Waals surface area contributed by atoms with E-state index in [1.807, 2.05) is 0 Å². The normalized spacial score (nSPS) is 11.1. The molecule has 0 saturated heterocycles. The lowest BCUT2D eigenvalue weighted by atomic mass is 10.1. The Hall–Kier alpha value is -3.48. The molecule has 4 rings (SSSR count). The maximum Gasteiger partial charge on any atom is 0.148 e. The van der Waals surface area contributed by atoms with Gasteiger partial charge in [-0.25, -0.2) is 18.2 Å². The van der Waals surface area contributed by atoms with Crippen molar-refractivity contribution in [2.45, 2.75) is 6.54 Å². The van der Waals surface area contributed by atoms with Gasteiger partial charge >= 0.3 is 0 Å². The quantitative estimate of drug-likeness (QED) is 0.517. The molecule has 0 aliphatic carbocycles. The number of methoxy groups -OCH3 is 1. The Morgan fingerprint density at radius 3 is 2.29 bits per heavy atom. The zero-order valence-electron chi connectivity index (χ0n) is 14.9. The maximum atomic E-state index is 14.7. The molecule has 0 fully saturated rings. The Bertz CT molecular complexity index is 1170. The summed E-state index contributed by atoms with van der Waals surface area (Å²) in [5, 5.41) is 0. The molecule has 0 aliphatic rings. The number of hydrogen-bond acceptors (Lipinski definition) is 3. The van der Waals surface area contributed by atoms with Gasteiger partial charge in [0, 0.05) is 5.56 Å². The van der Waals surface area contributed by atoms with Gasteiger partial charge in [0.1, 0.15) is 34.5 Å². The number of nitrogens with zero attached hydrogens (tertiary/aromatic N) is 2. The van der Waals surface area contributed by atoms with E-state index in [1.165, 1.54) is 42.0 Å². The Morgan fingerprint density at radius 1 is 0.929 bits per heavy atom. The van der Waals surface area contributed by atoms with Crippen LogP contribution in [-0.2, 0) is 6.54 Å². The zero-order chi connectivity index (χ0) is 19.8. The molecule has 0 radical (unpaired) electrons. The second kappa shape index (κ2) is 6.92. The Kier molecular flexibility index (Phi) is 4.43. The third-order valence-corrected chi connectivity index (χ3v) is 4.61. The highest BCUT2D eigenvalue weighted by Gasteiger charge is 2.22. The second-order valence-electron chi connectivity index (χ2n) is 6.25. The molecule has 0 bridgehead atoms. The number of ether oxygens (including phenoxy) is 1. The van der Waals surface area contributed by atoms with Crippen molar-refractivity contribution in [1.82, 2.24) is 9.55 Å². The molecule has 2 N–H and O–H groups in total. The van der Waals surface area contributed by atoms with E-state index >= 15 is 0 Å². The molecule has 0 aliphatic heterocycles. The fraction of sp³-hybridized carbons (Fsp3) is 0.0952. The van der Waals surface area contributed by atoms with Gasteiger partial charge in [-0.1, -0.05) is 18.2 Å². The number of para-hydroxylation sites is 1. The van der Waals surface area contributed by atoms with E-state index in [2.05, 4.69) is 4.98 Å². The third-order valence-electron chi connectivity index (χ3n) is 4.61. The summed E-state index contributed by atoms with van der Waals surface area (Å²) in [7, 11) is 1.41. The number of anilines is 1. The van der Waals surface area contributed by atoms with E-state index < -0.39 is 17.5 Å². The highest BCUT2D eigenvalue weighted by Crippen LogP contribution is 2.36. The van der Waals surface area contributed by atoms with Gasteiger partial charge in [0.05, 0.1) is 30.4 Å². The number of benzene rings is 3. The fourth-order valence-corrected chi connectivity index (χ4v) is 3.25. The van der Waals surface area contributed by atoms with Crippen molar-refractivity contribution in [3.63, 3.8) is 0 Å². The van der Waals surface area contributed by atoms with Crippen LogP contribution in [0.1, 0.15) is 5.56 Å². The van der Waals surface area contributed by atoms with Crippen molar-refractivity contribution >= 4 is 16.7 Å². The first kappa shape index (κ1) is 17.9. The van der Waals surface area contributed by atoms with Gasteiger partial charge < -0.3 is 15.0 Å². The van der Waals surface area contributed by atoms with Crippen molar-refractivity contribution < 1.29 is 17.9 Å². The molecule has 28 heavy (non-hydrogen) atoms. The largest absolute Gasteiger partial charge is 0.496 e. The maximum absolute atomic E-state index is 14.7. The van der Waals surface area contributed by atoms with Crippen LogP contribution in [0.2, 0.25) is 0 Å². The van der Waals surface area contributed by atoms with Crippen molar-refractivity contribution in [2.75, 3.05) is 12.8 Å². The second-order valence-corrected chi connectivity index (χ2v) is 6.25. The topological polar surface area (TPSA) is 53.1 Å². The summed E-state index contributed by atoms with van der Waals surface area (Å²) < 4.78 is 50.1. The molecule has 3 aromatic carbocycles. The minimum Gasteiger partial charge on any atom is -0.496 e. The average molecular weight is 383 g/mol. The Morgan fingerprint density at radius 2 is 1.57 bits per heavy atom. The number of rotatable bonds is 4. The zero-order valence-corrected chi connectivity index (χ0v) is 14.9. The van der Waals surface area contributed by atoms with Crippen molar-refractivity contribution in [3.8, 4) is 17.1 Å². The van der Waals surface area contributed by atoms with E-state index in [0.29, 0.717) is 16.7 Å². The van der Waals surface area contributed by atoms with E-state index in [9.17, 15) is 13.2 Å². The smallest absolute Gasteiger partial charge is 0.148 e. The molecular weight excluding hydrogens is 367 g/mol. The molecule has 0 atom stereocenters. The highest BCUT2D eigenvalue weighted by atomic mass is 19.1. The van der Waals surface area contributed by atoms with E-state index in [1.54, 1.807) is 24.3 Å². The lowest BCUT2D eigenvalue weighted by Crippen LogP contribution is -2.07. The number of nitrogens with two attached hydrogens (primary N) is 1. The average Bonchev–Trinajstić information content (AvgIpc) is 3.04. The first-order valence-corrected chi connectivity index (χ1v) is 8.51. The molecule has 0 spiro atoms. The standard InChI is InChI=1S/C21H16F3N3O/c1-28-18-10-3-7-15(24)19(18)21-26-20-16(25)8-4-9-17(20)27(21)11-12-13(22)5-2-6-14(12)23/h2-10H,11,25H2,1H3. The van der Waals surface area contributed by atoms with Crippen LogP contribution in [0.25, 0.3) is 22.4 Å². The molecule has 0 saturated carbocycles. The molecule has 1 aromatic heterocycles. The molecule has 7 heteroatoms. The van der Waals surface area contributed by atoms with Crippen LogP contribution in [0.5, 0.6) is 5.75 Å². The van der Waals surface area contributed by atoms with Gasteiger partial charge in [-0.05, 0) is 36.4 Å². The molecule has 0 unspecified atom stereocenters. The molecule has 1 heterocycles. The molecule has 0 amide bonds. The van der Waals surface area contributed by atoms with Gasteiger partial charge in [0.15, 0.2) is 0 Å². The van der Waals surface area contributed by atoms with Crippen LogP contribution in [0.15, 0.2) is 54.6 Å². The van der Waals surface area contributed by atoms with Crippen LogP contribution in [0, 0.1) is 17.5 Å². The molecule has 4 nitrogen and oxygen atoms in total. The molecular formula is C21H16F3N3O. The number of halogens is 3. The number of aromatic nitrogens is 2. The first-order chi connectivity index (χ1) is 13.5. The van der Waals surface area contributed by atoms with Crippen LogP contribution >= 0.6 is 0 Å². The Balaban J connectivity index is 2.03. The van der Waals surface area contributed by atoms with Crippen LogP contribution in [-0.4, -0.2) is 16.7 Å². The summed E-state index contributed by atoms with van der Waals surface area (Å²) in [6.45, 7) is -0.189. The van der Waals surface area contributed by atoms with E-state index in [-0.39, 0.29) is 29.2 Å². The van der Waals surface area contributed by atoms with E-state index in [0.717, 1.165) is 0 Å². The number of hydrogen-bond donors (Lipinski definition) is 1. The molecule has 4 aromatic rings. The minimum absolute atomic E-state index is 0.0948. The summed E-state index contributed by atoms with van der Waals surface area (Å²) >= 11 is 0. The number of imidazole rings is 1. The van der Waals surface area contributed by atoms with Crippen LogP contribution in [0.4, 0.5) is 18.9 Å². The van der Waals surface area contributed by atoms with Gasteiger partial charge in [-0.15, -0.1) is 0 Å². The lowest BCUT2D eigenvalue weighted by Gasteiger charge is -2.14. The van der Waals surface area contributed by atoms with Gasteiger partial charge in [0.25, 0.3) is 0 Å². The SMILES string of the molecule is COc1cccc(F)c1-c1nc2c(N)cccc2n1Cc1c(F)cccc1F. The third kappa shape index (κ3) is 2.85. The lowest BCUT2D eigenvalue weighted by molar-refractivity contribution is 0.412. The first-order valence-electron chi connectivity index (χ1n) is 8.51. The van der Waals surface area contributed by atoms with Crippen LogP contribution in [0.3, 0.4) is 0 Å². The number of nitrogen functional groups attached to an aromatic ring is 1. The summed E-state index contributed by atoms with van der Waals surface area (Å²) in [6, 6.07) is 13.1. The van der Waals surface area contributed by atoms with Crippen molar-refractivity contribution in [3.05, 3.63) is 77.6 Å². The van der Waals surface area contributed by atoms with Gasteiger partial charge in [0.2, 0.25) is 0 Å².